The van der Waals surface area contributed by atoms with Gasteiger partial charge in [-0.2, -0.15) is 0 Å². The molecule has 0 amide bonds. The van der Waals surface area contributed by atoms with Gasteiger partial charge in [-0.3, -0.25) is 0 Å². The van der Waals surface area contributed by atoms with Gasteiger partial charge in [0.1, 0.15) is 0 Å². The molecular weight excluding hydrogens is 649 g/mol. The molecule has 8 bridgehead atoms. The standard InChI is InChI=1S/C54H44/c1-3-8-34(9-4-1)37-16-20-41(46(29-37)36-10-5-2-6-11-36)40-22-23-45-42-21-17-38(30-48(42)44-13-7-12-43(40)53(44)45)35-14-18-39(19-15-35)54-31-33-25-49-47-24-32(27-51(49)54)28-52(54)50(47)26-33/h1-23,29-30,32-33,47,49-52H,24-28,31H2. The molecule has 0 aliphatic heterocycles. The summed E-state index contributed by atoms with van der Waals surface area (Å²) in [6.45, 7) is 0. The Morgan fingerprint density at radius 3 is 1.63 bits per heavy atom. The number of hydrogen-bond acceptors (Lipinski definition) is 0. The molecule has 0 heterocycles. The Morgan fingerprint density at radius 1 is 0.352 bits per heavy atom. The van der Waals surface area contributed by atoms with E-state index in [1.807, 2.05) is 0 Å². The lowest BCUT2D eigenvalue weighted by Crippen LogP contribution is -2.69. The summed E-state index contributed by atoms with van der Waals surface area (Å²) in [5, 5.41) is 2.71. The molecule has 8 aliphatic rings. The molecule has 7 saturated carbocycles. The quantitative estimate of drug-likeness (QED) is 0.168. The summed E-state index contributed by atoms with van der Waals surface area (Å²) >= 11 is 0. The highest BCUT2D eigenvalue weighted by Gasteiger charge is 2.70. The van der Waals surface area contributed by atoms with E-state index < -0.39 is 0 Å². The van der Waals surface area contributed by atoms with Crippen LogP contribution in [0, 0.1) is 41.4 Å². The third-order valence-electron chi connectivity index (χ3n) is 16.0. The first-order valence-corrected chi connectivity index (χ1v) is 20.8. The first-order valence-electron chi connectivity index (χ1n) is 20.8. The normalized spacial score (nSPS) is 28.9. The Labute approximate surface area is 318 Å². The minimum Gasteiger partial charge on any atom is -0.0622 e. The lowest BCUT2D eigenvalue weighted by Gasteiger charge is -2.74. The van der Waals surface area contributed by atoms with Crippen molar-refractivity contribution in [3.8, 4) is 66.8 Å². The summed E-state index contributed by atoms with van der Waals surface area (Å²) in [6, 6.07) is 57.8. The number of hydrogen-bond donors (Lipinski definition) is 0. The summed E-state index contributed by atoms with van der Waals surface area (Å²) in [5.41, 5.74) is 17.9. The van der Waals surface area contributed by atoms with Gasteiger partial charge in [-0.1, -0.05) is 140 Å². The van der Waals surface area contributed by atoms with Gasteiger partial charge in [0.15, 0.2) is 0 Å². The fourth-order valence-corrected chi connectivity index (χ4v) is 14.2. The molecule has 7 aromatic carbocycles. The highest BCUT2D eigenvalue weighted by molar-refractivity contribution is 6.19. The summed E-state index contributed by atoms with van der Waals surface area (Å²) in [5.74, 6) is 7.03. The molecule has 54 heavy (non-hydrogen) atoms. The number of rotatable bonds is 5. The second kappa shape index (κ2) is 10.9. The molecule has 0 spiro atoms. The van der Waals surface area contributed by atoms with Gasteiger partial charge in [0.25, 0.3) is 0 Å². The molecule has 7 aromatic rings. The average molecular weight is 693 g/mol. The lowest BCUT2D eigenvalue weighted by molar-refractivity contribution is -0.220. The maximum Gasteiger partial charge on any atom is 0.00178 e. The highest BCUT2D eigenvalue weighted by atomic mass is 14.7. The van der Waals surface area contributed by atoms with Crippen LogP contribution in [0.15, 0.2) is 152 Å². The molecule has 8 aliphatic carbocycles. The van der Waals surface area contributed by atoms with Crippen LogP contribution >= 0.6 is 0 Å². The van der Waals surface area contributed by atoms with E-state index in [0.717, 1.165) is 41.4 Å². The van der Waals surface area contributed by atoms with Crippen LogP contribution < -0.4 is 0 Å². The third kappa shape index (κ3) is 3.99. The largest absolute Gasteiger partial charge is 0.0622 e. The maximum absolute atomic E-state index is 2.59. The molecule has 260 valence electrons. The summed E-state index contributed by atoms with van der Waals surface area (Å²) in [6.07, 6.45) is 9.17. The van der Waals surface area contributed by atoms with Crippen molar-refractivity contribution in [3.05, 3.63) is 157 Å². The van der Waals surface area contributed by atoms with Gasteiger partial charge in [0.2, 0.25) is 0 Å². The maximum atomic E-state index is 2.59. The molecule has 0 saturated heterocycles. The lowest BCUT2D eigenvalue weighted by atomic mass is 9.30. The zero-order valence-corrected chi connectivity index (χ0v) is 30.7. The molecule has 0 aromatic heterocycles. The van der Waals surface area contributed by atoms with Crippen LogP contribution in [0.3, 0.4) is 0 Å². The number of fused-ring (bicyclic) bond motifs is 3. The van der Waals surface area contributed by atoms with Gasteiger partial charge in [-0.25, -0.2) is 0 Å². The second-order valence-electron chi connectivity index (χ2n) is 18.1. The molecule has 4 atom stereocenters. The first-order chi connectivity index (χ1) is 26.7. The van der Waals surface area contributed by atoms with E-state index >= 15 is 0 Å². The van der Waals surface area contributed by atoms with E-state index in [4.69, 9.17) is 0 Å². The van der Waals surface area contributed by atoms with Crippen molar-refractivity contribution in [1.29, 1.82) is 0 Å². The first kappa shape index (κ1) is 30.2. The van der Waals surface area contributed by atoms with Gasteiger partial charge in [-0.05, 0) is 175 Å². The van der Waals surface area contributed by atoms with Crippen molar-refractivity contribution in [1.82, 2.24) is 0 Å². The Morgan fingerprint density at radius 2 is 0.907 bits per heavy atom. The van der Waals surface area contributed by atoms with Crippen LogP contribution in [-0.4, -0.2) is 0 Å². The van der Waals surface area contributed by atoms with Crippen LogP contribution in [-0.2, 0) is 5.41 Å². The van der Waals surface area contributed by atoms with Crippen LogP contribution in [0.5, 0.6) is 0 Å². The molecule has 15 rings (SSSR count). The summed E-state index contributed by atoms with van der Waals surface area (Å²) in [7, 11) is 0. The van der Waals surface area contributed by atoms with E-state index in [0.29, 0.717) is 5.41 Å². The monoisotopic (exact) mass is 692 g/mol. The Balaban J connectivity index is 0.888. The van der Waals surface area contributed by atoms with Crippen molar-refractivity contribution < 1.29 is 0 Å². The molecule has 4 unspecified atom stereocenters. The zero-order valence-electron chi connectivity index (χ0n) is 30.7. The predicted octanol–water partition coefficient (Wildman–Crippen LogP) is 14.1. The van der Waals surface area contributed by atoms with Gasteiger partial charge in [0, 0.05) is 5.41 Å². The second-order valence-corrected chi connectivity index (χ2v) is 18.1. The van der Waals surface area contributed by atoms with Gasteiger partial charge in [-0.15, -0.1) is 0 Å². The molecule has 7 fully saturated rings. The highest BCUT2D eigenvalue weighted by Crippen LogP contribution is 2.76. The predicted molar refractivity (Wildman–Crippen MR) is 224 cm³/mol. The minimum atomic E-state index is 0.470. The SMILES string of the molecule is c1ccc(-c2ccc(-c3ccc4c5c(cccc35)-c3cc(-c5ccc(C67CC8CC9C%10CC(CC96)CC7C%10C8)cc5)ccc3-4)c(-c3ccccc3)c2)cc1. The van der Waals surface area contributed by atoms with E-state index in [1.165, 1.54) is 96.8 Å². The molecule has 0 heteroatoms. The van der Waals surface area contributed by atoms with Crippen LogP contribution in [0.25, 0.3) is 77.5 Å². The minimum absolute atomic E-state index is 0.470. The van der Waals surface area contributed by atoms with Gasteiger partial charge in [0.05, 0.1) is 0 Å². The van der Waals surface area contributed by atoms with E-state index in [2.05, 4.69) is 152 Å². The topological polar surface area (TPSA) is 0 Å². The summed E-state index contributed by atoms with van der Waals surface area (Å²) < 4.78 is 0. The van der Waals surface area contributed by atoms with Crippen LogP contribution in [0.4, 0.5) is 0 Å². The fourth-order valence-electron chi connectivity index (χ4n) is 14.2. The number of benzene rings is 7. The van der Waals surface area contributed by atoms with Crippen molar-refractivity contribution in [2.45, 2.75) is 43.9 Å². The molecule has 0 N–H and O–H groups in total. The third-order valence-corrected chi connectivity index (χ3v) is 16.0. The van der Waals surface area contributed by atoms with Crippen molar-refractivity contribution in [2.75, 3.05) is 0 Å². The van der Waals surface area contributed by atoms with E-state index in [-0.39, 0.29) is 0 Å². The van der Waals surface area contributed by atoms with Crippen molar-refractivity contribution in [2.24, 2.45) is 41.4 Å². The Bertz CT molecular complexity index is 2620. The average Bonchev–Trinajstić information content (AvgIpc) is 3.57. The van der Waals surface area contributed by atoms with Crippen molar-refractivity contribution >= 4 is 10.8 Å². The zero-order chi connectivity index (χ0) is 35.1. The van der Waals surface area contributed by atoms with Crippen LogP contribution in [0.1, 0.15) is 44.1 Å². The fraction of sp³-hybridized carbons (Fsp3) is 0.259. The van der Waals surface area contributed by atoms with E-state index in [1.54, 1.807) is 24.8 Å². The smallest absolute Gasteiger partial charge is 0.00178 e. The van der Waals surface area contributed by atoms with Gasteiger partial charge >= 0.3 is 0 Å². The van der Waals surface area contributed by atoms with Crippen LogP contribution in [0.2, 0.25) is 0 Å². The Kier molecular flexibility index (Phi) is 6.11. The molecule has 0 radical (unpaired) electrons. The van der Waals surface area contributed by atoms with Gasteiger partial charge < -0.3 is 0 Å². The summed E-state index contributed by atoms with van der Waals surface area (Å²) in [4.78, 5) is 0. The van der Waals surface area contributed by atoms with E-state index in [9.17, 15) is 0 Å². The molecular formula is C54H44. The molecule has 0 nitrogen and oxygen atoms in total. The van der Waals surface area contributed by atoms with Crippen molar-refractivity contribution in [3.63, 3.8) is 0 Å². The Hall–Kier alpha value is -5.20.